The molecule has 9 rings (SSSR count). The predicted octanol–water partition coefficient (Wildman–Crippen LogP) is 13.8. The van der Waals surface area contributed by atoms with Gasteiger partial charge in [-0.25, -0.2) is 0 Å². The first-order valence-electron chi connectivity index (χ1n) is 19.0. The zero-order valence-electron chi connectivity index (χ0n) is 31.1. The van der Waals surface area contributed by atoms with Gasteiger partial charge < -0.3 is 4.90 Å². The van der Waals surface area contributed by atoms with Gasteiger partial charge in [0.1, 0.15) is 0 Å². The minimum Gasteiger partial charge on any atom is -0.310 e. The van der Waals surface area contributed by atoms with E-state index in [-0.39, 0.29) is 5.41 Å². The van der Waals surface area contributed by atoms with E-state index in [0.717, 1.165) is 17.8 Å². The molecule has 3 aliphatic rings. The van der Waals surface area contributed by atoms with Crippen LogP contribution in [0.1, 0.15) is 79.0 Å². The Morgan fingerprint density at radius 2 is 1.21 bits per heavy atom. The van der Waals surface area contributed by atoms with Crippen molar-refractivity contribution in [1.82, 2.24) is 0 Å². The van der Waals surface area contributed by atoms with Crippen LogP contribution >= 0.6 is 0 Å². The molecule has 0 fully saturated rings. The number of hydrogen-bond donors (Lipinski definition) is 0. The van der Waals surface area contributed by atoms with Gasteiger partial charge in [-0.3, -0.25) is 0 Å². The number of anilines is 3. The molecule has 3 aliphatic carbocycles. The minimum absolute atomic E-state index is 0.0971. The van der Waals surface area contributed by atoms with Crippen LogP contribution in [0.2, 0.25) is 0 Å². The van der Waals surface area contributed by atoms with E-state index < -0.39 is 5.41 Å². The minimum atomic E-state index is -0.425. The zero-order chi connectivity index (χ0) is 36.2. The summed E-state index contributed by atoms with van der Waals surface area (Å²) in [6.07, 6.45) is 14.4. The average Bonchev–Trinajstić information content (AvgIpc) is 3.61. The molecule has 1 nitrogen and oxygen atoms in total. The zero-order valence-corrected chi connectivity index (χ0v) is 31.1. The highest BCUT2D eigenvalue weighted by atomic mass is 15.1. The highest BCUT2D eigenvalue weighted by molar-refractivity contribution is 5.91. The summed E-state index contributed by atoms with van der Waals surface area (Å²) in [6, 6.07) is 54.7. The largest absolute Gasteiger partial charge is 0.310 e. The molecule has 0 aliphatic heterocycles. The molecule has 0 saturated heterocycles. The Morgan fingerprint density at radius 3 is 1.89 bits per heavy atom. The van der Waals surface area contributed by atoms with Gasteiger partial charge in [0.25, 0.3) is 0 Å². The normalized spacial score (nSPS) is 17.5. The SMILES string of the molecule is C/C=C\C1=C(C)c2ccc(N(c3ccc(C4C=CC=CC4)cc3)c3ccc4c(c3)-c3ccccc3C4(c3ccccc3)c3ccccc3)cc2C1(C)C. The van der Waals surface area contributed by atoms with Gasteiger partial charge in [-0.2, -0.15) is 0 Å². The smallest absolute Gasteiger partial charge is 0.0713 e. The van der Waals surface area contributed by atoms with Crippen LogP contribution in [0.5, 0.6) is 0 Å². The summed E-state index contributed by atoms with van der Waals surface area (Å²) in [6.45, 7) is 9.13. The monoisotopic (exact) mass is 683 g/mol. The van der Waals surface area contributed by atoms with Gasteiger partial charge in [-0.05, 0) is 118 Å². The Hall–Kier alpha value is -5.92. The molecule has 258 valence electrons. The van der Waals surface area contributed by atoms with E-state index in [1.165, 1.54) is 66.9 Å². The molecule has 0 radical (unpaired) electrons. The lowest BCUT2D eigenvalue weighted by Gasteiger charge is -2.34. The van der Waals surface area contributed by atoms with Crippen molar-refractivity contribution in [2.75, 3.05) is 4.90 Å². The van der Waals surface area contributed by atoms with E-state index in [2.05, 4.69) is 215 Å². The number of allylic oxidation sites excluding steroid dienone is 8. The number of benzene rings is 6. The fraction of sp³-hybridized carbons (Fsp3) is 0.154. The average molecular weight is 684 g/mol. The molecule has 0 aromatic heterocycles. The summed E-state index contributed by atoms with van der Waals surface area (Å²) in [5, 5.41) is 0. The van der Waals surface area contributed by atoms with Gasteiger partial charge in [-0.1, -0.05) is 159 Å². The van der Waals surface area contributed by atoms with Crippen molar-refractivity contribution in [1.29, 1.82) is 0 Å². The summed E-state index contributed by atoms with van der Waals surface area (Å²) in [7, 11) is 0. The van der Waals surface area contributed by atoms with Crippen LogP contribution < -0.4 is 4.90 Å². The molecule has 53 heavy (non-hydrogen) atoms. The molecule has 0 spiro atoms. The standard InChI is InChI=1S/C52H45N/c1-5-17-47-36(2)44-32-30-43(35-50(44)51(47,3)4)53(41-28-26-38(27-29-41)37-18-9-6-10-19-37)42-31-33-49-46(34-42)45-24-15-16-25-48(45)52(49,39-20-11-7-12-21-39)40-22-13-8-14-23-40/h5-18,20-35,37H,19H2,1-4H3/b17-5-. The van der Waals surface area contributed by atoms with Gasteiger partial charge in [0.15, 0.2) is 0 Å². The number of fused-ring (bicyclic) bond motifs is 4. The Labute approximate surface area is 315 Å². The van der Waals surface area contributed by atoms with Gasteiger partial charge in [-0.15, -0.1) is 0 Å². The molecule has 1 atom stereocenters. The maximum atomic E-state index is 2.47. The van der Waals surface area contributed by atoms with E-state index >= 15 is 0 Å². The summed E-state index contributed by atoms with van der Waals surface area (Å²) >= 11 is 0. The lowest BCUT2D eigenvalue weighted by molar-refractivity contribution is 0.654. The molecule has 6 aromatic carbocycles. The third-order valence-corrected chi connectivity index (χ3v) is 12.0. The Kier molecular flexibility index (Phi) is 8.04. The lowest BCUT2D eigenvalue weighted by atomic mass is 9.68. The fourth-order valence-corrected chi connectivity index (χ4v) is 9.50. The maximum Gasteiger partial charge on any atom is 0.0713 e. The van der Waals surface area contributed by atoms with Crippen molar-refractivity contribution in [2.45, 2.75) is 50.9 Å². The summed E-state index contributed by atoms with van der Waals surface area (Å²) < 4.78 is 0. The van der Waals surface area contributed by atoms with E-state index in [0.29, 0.717) is 5.92 Å². The second-order valence-electron chi connectivity index (χ2n) is 15.2. The summed E-state index contributed by atoms with van der Waals surface area (Å²) in [4.78, 5) is 2.47. The van der Waals surface area contributed by atoms with Crippen LogP contribution in [0.4, 0.5) is 17.1 Å². The van der Waals surface area contributed by atoms with Crippen LogP contribution in [0.15, 0.2) is 188 Å². The number of rotatable bonds is 7. The molecular formula is C52H45N. The first-order valence-corrected chi connectivity index (χ1v) is 19.0. The van der Waals surface area contributed by atoms with Crippen molar-refractivity contribution < 1.29 is 0 Å². The number of nitrogens with zero attached hydrogens (tertiary/aromatic N) is 1. The molecule has 0 N–H and O–H groups in total. The number of hydrogen-bond acceptors (Lipinski definition) is 1. The summed E-state index contributed by atoms with van der Waals surface area (Å²) in [5.74, 6) is 0.406. The fourth-order valence-electron chi connectivity index (χ4n) is 9.50. The van der Waals surface area contributed by atoms with Crippen LogP contribution in [-0.4, -0.2) is 0 Å². The van der Waals surface area contributed by atoms with E-state index in [4.69, 9.17) is 0 Å². The molecule has 0 amide bonds. The van der Waals surface area contributed by atoms with Crippen molar-refractivity contribution >= 4 is 22.6 Å². The molecule has 0 heterocycles. The van der Waals surface area contributed by atoms with Crippen LogP contribution in [-0.2, 0) is 10.8 Å². The lowest BCUT2D eigenvalue weighted by Crippen LogP contribution is -2.28. The van der Waals surface area contributed by atoms with Crippen molar-refractivity contribution in [3.8, 4) is 11.1 Å². The van der Waals surface area contributed by atoms with Crippen molar-refractivity contribution in [3.63, 3.8) is 0 Å². The van der Waals surface area contributed by atoms with Gasteiger partial charge in [0, 0.05) is 28.4 Å². The van der Waals surface area contributed by atoms with Gasteiger partial charge >= 0.3 is 0 Å². The van der Waals surface area contributed by atoms with Crippen molar-refractivity contribution in [2.24, 2.45) is 0 Å². The summed E-state index contributed by atoms with van der Waals surface area (Å²) in [5.41, 5.74) is 17.6. The van der Waals surface area contributed by atoms with Crippen LogP contribution in [0, 0.1) is 0 Å². The highest BCUT2D eigenvalue weighted by Crippen LogP contribution is 2.57. The molecule has 1 heteroatoms. The molecule has 0 bridgehead atoms. The molecule has 6 aromatic rings. The van der Waals surface area contributed by atoms with Crippen LogP contribution in [0.3, 0.4) is 0 Å². The third kappa shape index (κ3) is 5.13. The van der Waals surface area contributed by atoms with E-state index in [1.807, 2.05) is 0 Å². The van der Waals surface area contributed by atoms with Gasteiger partial charge in [0.2, 0.25) is 0 Å². The first kappa shape index (κ1) is 33.0. The first-order chi connectivity index (χ1) is 25.9. The predicted molar refractivity (Wildman–Crippen MR) is 225 cm³/mol. The quantitative estimate of drug-likeness (QED) is 0.162. The second-order valence-corrected chi connectivity index (χ2v) is 15.2. The molecule has 0 saturated carbocycles. The maximum absolute atomic E-state index is 2.47. The molecule has 1 unspecified atom stereocenters. The Morgan fingerprint density at radius 1 is 0.585 bits per heavy atom. The van der Waals surface area contributed by atoms with Gasteiger partial charge in [0.05, 0.1) is 5.41 Å². The molecular weight excluding hydrogens is 639 g/mol. The Balaban J connectivity index is 1.25. The highest BCUT2D eigenvalue weighted by Gasteiger charge is 2.46. The van der Waals surface area contributed by atoms with E-state index in [1.54, 1.807) is 0 Å². The Bertz CT molecular complexity index is 2420. The second kappa shape index (κ2) is 12.9. The topological polar surface area (TPSA) is 3.24 Å². The third-order valence-electron chi connectivity index (χ3n) is 12.0. The van der Waals surface area contributed by atoms with Crippen LogP contribution in [0.25, 0.3) is 16.7 Å². The van der Waals surface area contributed by atoms with Crippen molar-refractivity contribution in [3.05, 3.63) is 227 Å². The van der Waals surface area contributed by atoms with E-state index in [9.17, 15) is 0 Å².